The number of piperazine rings is 1. The first-order valence-electron chi connectivity index (χ1n) is 6.95. The molecule has 1 aliphatic carbocycles. The third-order valence-electron chi connectivity index (χ3n) is 4.48. The Labute approximate surface area is 110 Å². The van der Waals surface area contributed by atoms with E-state index in [0.29, 0.717) is 6.04 Å². The van der Waals surface area contributed by atoms with Crippen LogP contribution in [0.3, 0.4) is 0 Å². The zero-order valence-corrected chi connectivity index (χ0v) is 11.9. The summed E-state index contributed by atoms with van der Waals surface area (Å²) in [6.45, 7) is 9.18. The maximum absolute atomic E-state index is 12.2. The minimum Gasteiger partial charge on any atom is -0.320 e. The van der Waals surface area contributed by atoms with Crippen molar-refractivity contribution < 1.29 is 9.28 Å². The molecule has 1 unspecified atom stereocenters. The van der Waals surface area contributed by atoms with Crippen molar-refractivity contribution in [3.8, 4) is 0 Å². The second-order valence-electron chi connectivity index (χ2n) is 6.01. The average Bonchev–Trinajstić information content (AvgIpc) is 2.32. The lowest BCUT2D eigenvalue weighted by molar-refractivity contribution is -0.911. The summed E-state index contributed by atoms with van der Waals surface area (Å²) in [6.07, 6.45) is 2.69. The van der Waals surface area contributed by atoms with Crippen LogP contribution in [0.4, 0.5) is 0 Å². The summed E-state index contributed by atoms with van der Waals surface area (Å²) in [4.78, 5) is 12.2. The van der Waals surface area contributed by atoms with Gasteiger partial charge in [0, 0.05) is 12.1 Å². The first-order chi connectivity index (χ1) is 8.47. The predicted octanol–water partition coefficient (Wildman–Crippen LogP) is 1.66. The monoisotopic (exact) mass is 249 g/mol. The maximum atomic E-state index is 12.2. The van der Waals surface area contributed by atoms with Crippen molar-refractivity contribution in [3.63, 3.8) is 0 Å². The lowest BCUT2D eigenvalue weighted by atomic mass is 9.81. The van der Waals surface area contributed by atoms with Crippen LogP contribution in [0.2, 0.25) is 0 Å². The van der Waals surface area contributed by atoms with Gasteiger partial charge in [0.1, 0.15) is 6.04 Å². The Morgan fingerprint density at radius 2 is 2.11 bits per heavy atom. The fourth-order valence-electron chi connectivity index (χ4n) is 3.22. The van der Waals surface area contributed by atoms with Crippen molar-refractivity contribution in [2.75, 3.05) is 33.7 Å². The van der Waals surface area contributed by atoms with Crippen LogP contribution in [0.15, 0.2) is 23.3 Å². The standard InChI is InChI=1S/C15H25N2O/c1-5-12-13(7-6-11(2)15(12)18)14-10-16-8-9-17(14,3)4/h14,16H,2,5-10H2,1,3-4H3/q+1. The van der Waals surface area contributed by atoms with Gasteiger partial charge in [0.25, 0.3) is 0 Å². The average molecular weight is 249 g/mol. The van der Waals surface area contributed by atoms with Gasteiger partial charge in [-0.1, -0.05) is 13.5 Å². The topological polar surface area (TPSA) is 29.1 Å². The van der Waals surface area contributed by atoms with Crippen molar-refractivity contribution in [2.24, 2.45) is 0 Å². The van der Waals surface area contributed by atoms with Gasteiger partial charge in [-0.05, 0) is 30.4 Å². The molecular weight excluding hydrogens is 224 g/mol. The zero-order chi connectivity index (χ0) is 13.3. The van der Waals surface area contributed by atoms with Crippen molar-refractivity contribution in [1.29, 1.82) is 0 Å². The Kier molecular flexibility index (Phi) is 3.74. The fraction of sp³-hybridized carbons (Fsp3) is 0.667. The number of hydrogen-bond donors (Lipinski definition) is 1. The summed E-state index contributed by atoms with van der Waals surface area (Å²) in [7, 11) is 4.55. The minimum absolute atomic E-state index is 0.212. The summed E-state index contributed by atoms with van der Waals surface area (Å²) in [5.74, 6) is 0.212. The van der Waals surface area contributed by atoms with Crippen LogP contribution in [-0.2, 0) is 4.79 Å². The Hall–Kier alpha value is -0.930. The van der Waals surface area contributed by atoms with E-state index in [4.69, 9.17) is 0 Å². The SMILES string of the molecule is C=C1CCC(C2CNCC[N+]2(C)C)=C(CC)C1=O. The molecule has 0 aromatic heterocycles. The van der Waals surface area contributed by atoms with Gasteiger partial charge in [-0.25, -0.2) is 0 Å². The Balaban J connectivity index is 2.38. The van der Waals surface area contributed by atoms with Gasteiger partial charge in [0.15, 0.2) is 5.78 Å². The molecule has 0 radical (unpaired) electrons. The van der Waals surface area contributed by atoms with E-state index in [-0.39, 0.29) is 5.78 Å². The van der Waals surface area contributed by atoms with Crippen LogP contribution in [-0.4, -0.2) is 50.0 Å². The van der Waals surface area contributed by atoms with Crippen molar-refractivity contribution in [3.05, 3.63) is 23.3 Å². The number of quaternary nitrogens is 1. The summed E-state index contributed by atoms with van der Waals surface area (Å²) in [5, 5.41) is 3.47. The molecule has 0 aromatic carbocycles. The lowest BCUT2D eigenvalue weighted by Crippen LogP contribution is -2.61. The van der Waals surface area contributed by atoms with Gasteiger partial charge in [0.2, 0.25) is 0 Å². The minimum atomic E-state index is 0.212. The molecule has 0 saturated carbocycles. The molecule has 1 N–H and O–H groups in total. The number of carbonyl (C=O) groups is 1. The van der Waals surface area contributed by atoms with Gasteiger partial charge in [-0.3, -0.25) is 4.79 Å². The molecule has 1 saturated heterocycles. The quantitative estimate of drug-likeness (QED) is 0.596. The molecular formula is C15H25N2O+. The molecule has 2 aliphatic rings. The first-order valence-corrected chi connectivity index (χ1v) is 6.95. The van der Waals surface area contributed by atoms with Gasteiger partial charge >= 0.3 is 0 Å². The zero-order valence-electron chi connectivity index (χ0n) is 11.9. The van der Waals surface area contributed by atoms with Crippen LogP contribution < -0.4 is 5.32 Å². The molecule has 0 spiro atoms. The van der Waals surface area contributed by atoms with Gasteiger partial charge in [-0.15, -0.1) is 0 Å². The summed E-state index contributed by atoms with van der Waals surface area (Å²) in [5.41, 5.74) is 3.21. The highest BCUT2D eigenvalue weighted by molar-refractivity contribution is 6.09. The number of carbonyl (C=O) groups excluding carboxylic acids is 1. The molecule has 100 valence electrons. The molecule has 1 fully saturated rings. The highest BCUT2D eigenvalue weighted by atomic mass is 16.1. The smallest absolute Gasteiger partial charge is 0.184 e. The van der Waals surface area contributed by atoms with E-state index in [2.05, 4.69) is 32.9 Å². The van der Waals surface area contributed by atoms with E-state index in [1.807, 2.05) is 0 Å². The third kappa shape index (κ3) is 2.29. The van der Waals surface area contributed by atoms with Gasteiger partial charge in [-0.2, -0.15) is 0 Å². The number of likely N-dealkylation sites (N-methyl/N-ethyl adjacent to an activating group) is 1. The molecule has 1 heterocycles. The van der Waals surface area contributed by atoms with Crippen molar-refractivity contribution in [2.45, 2.75) is 32.2 Å². The van der Waals surface area contributed by atoms with E-state index in [9.17, 15) is 4.79 Å². The second kappa shape index (κ2) is 4.98. The Morgan fingerprint density at radius 1 is 1.39 bits per heavy atom. The van der Waals surface area contributed by atoms with E-state index < -0.39 is 0 Å². The van der Waals surface area contributed by atoms with Gasteiger partial charge in [0.05, 0.1) is 27.2 Å². The molecule has 0 bridgehead atoms. The lowest BCUT2D eigenvalue weighted by Gasteiger charge is -2.44. The van der Waals surface area contributed by atoms with Crippen LogP contribution in [0.25, 0.3) is 0 Å². The number of ketones is 1. The number of hydrogen-bond acceptors (Lipinski definition) is 2. The van der Waals surface area contributed by atoms with E-state index in [1.54, 1.807) is 0 Å². The summed E-state index contributed by atoms with van der Waals surface area (Å²) < 4.78 is 0.992. The number of allylic oxidation sites excluding steroid dienone is 2. The summed E-state index contributed by atoms with van der Waals surface area (Å²) >= 11 is 0. The van der Waals surface area contributed by atoms with E-state index in [1.165, 1.54) is 5.57 Å². The molecule has 0 amide bonds. The van der Waals surface area contributed by atoms with E-state index in [0.717, 1.165) is 54.5 Å². The number of rotatable bonds is 2. The third-order valence-corrected chi connectivity index (χ3v) is 4.48. The number of Topliss-reactive ketones (excluding diaryl/α,β-unsaturated/α-hetero) is 1. The van der Waals surface area contributed by atoms with Gasteiger partial charge < -0.3 is 9.80 Å². The first kappa shape index (κ1) is 13.5. The number of nitrogens with one attached hydrogen (secondary N) is 1. The maximum Gasteiger partial charge on any atom is 0.184 e. The Bertz CT molecular complexity index is 407. The highest BCUT2D eigenvalue weighted by Crippen LogP contribution is 2.33. The fourth-order valence-corrected chi connectivity index (χ4v) is 3.22. The molecule has 1 atom stereocenters. The van der Waals surface area contributed by atoms with E-state index >= 15 is 0 Å². The molecule has 2 rings (SSSR count). The second-order valence-corrected chi connectivity index (χ2v) is 6.01. The van der Waals surface area contributed by atoms with Crippen LogP contribution in [0, 0.1) is 0 Å². The Morgan fingerprint density at radius 3 is 2.72 bits per heavy atom. The molecule has 18 heavy (non-hydrogen) atoms. The molecule has 3 nitrogen and oxygen atoms in total. The van der Waals surface area contributed by atoms with Crippen LogP contribution in [0.5, 0.6) is 0 Å². The van der Waals surface area contributed by atoms with Crippen molar-refractivity contribution >= 4 is 5.78 Å². The normalized spacial score (nSPS) is 28.7. The van der Waals surface area contributed by atoms with Crippen LogP contribution >= 0.6 is 0 Å². The molecule has 3 heteroatoms. The predicted molar refractivity (Wildman–Crippen MR) is 74.3 cm³/mol. The highest BCUT2D eigenvalue weighted by Gasteiger charge is 2.38. The van der Waals surface area contributed by atoms with Crippen LogP contribution in [0.1, 0.15) is 26.2 Å². The summed E-state index contributed by atoms with van der Waals surface area (Å²) in [6, 6.07) is 0.450. The molecule has 0 aromatic rings. The molecule has 1 aliphatic heterocycles. The largest absolute Gasteiger partial charge is 0.320 e. The number of nitrogens with zero attached hydrogens (tertiary/aromatic N) is 1. The van der Waals surface area contributed by atoms with Crippen molar-refractivity contribution in [1.82, 2.24) is 5.32 Å².